The highest BCUT2D eigenvalue weighted by Gasteiger charge is 2.26. The average Bonchev–Trinajstić information content (AvgIpc) is 2.85. The lowest BCUT2D eigenvalue weighted by Crippen LogP contribution is -2.41. The van der Waals surface area contributed by atoms with Gasteiger partial charge in [0.1, 0.15) is 6.61 Å². The second-order valence-corrected chi connectivity index (χ2v) is 4.76. The molecule has 1 fully saturated rings. The lowest BCUT2D eigenvalue weighted by atomic mass is 9.99. The molecule has 1 aromatic rings. The summed E-state index contributed by atoms with van der Waals surface area (Å²) in [7, 11) is 1.75. The van der Waals surface area contributed by atoms with Crippen LogP contribution in [0.2, 0.25) is 0 Å². The van der Waals surface area contributed by atoms with Crippen LogP contribution < -0.4 is 0 Å². The summed E-state index contributed by atoms with van der Waals surface area (Å²) in [5, 5.41) is 7.64. The van der Waals surface area contributed by atoms with Crippen LogP contribution in [0.5, 0.6) is 0 Å². The van der Waals surface area contributed by atoms with E-state index in [4.69, 9.17) is 11.2 Å². The maximum Gasteiger partial charge on any atom is 0.276 e. The Balaban J connectivity index is 1.90. The van der Waals surface area contributed by atoms with Crippen LogP contribution in [0.1, 0.15) is 23.3 Å². The highest BCUT2D eigenvalue weighted by Crippen LogP contribution is 2.18. The quantitative estimate of drug-likeness (QED) is 0.579. The zero-order chi connectivity index (χ0) is 13.7. The summed E-state index contributed by atoms with van der Waals surface area (Å²) < 4.78 is 6.89. The van der Waals surface area contributed by atoms with Crippen molar-refractivity contribution in [3.63, 3.8) is 0 Å². The summed E-state index contributed by atoms with van der Waals surface area (Å²) in [5.74, 6) is 2.74. The summed E-state index contributed by atoms with van der Waals surface area (Å²) in [5.41, 5.74) is 0.396. The first kappa shape index (κ1) is 13.6. The molecule has 1 aromatic heterocycles. The lowest BCUT2D eigenvalue weighted by molar-refractivity contribution is 0.0529. The standard InChI is InChI=1S/C13H18N4O2/c1-3-7-19-10-11-5-4-6-17(8-11)13(18)12-9-16(2)15-14-12/h1,9,11H,4-8,10H2,2H3. The van der Waals surface area contributed by atoms with Crippen LogP contribution in [0.4, 0.5) is 0 Å². The average molecular weight is 262 g/mol. The Morgan fingerprint density at radius 1 is 1.68 bits per heavy atom. The molecule has 0 saturated carbocycles. The van der Waals surface area contributed by atoms with Crippen molar-refractivity contribution >= 4 is 5.91 Å². The van der Waals surface area contributed by atoms with E-state index in [1.807, 2.05) is 4.90 Å². The number of carbonyl (C=O) groups is 1. The SMILES string of the molecule is C#CCOCC1CCCN(C(=O)c2cn(C)nn2)C1. The van der Waals surface area contributed by atoms with E-state index in [0.717, 1.165) is 19.4 Å². The first-order valence-corrected chi connectivity index (χ1v) is 6.37. The largest absolute Gasteiger partial charge is 0.368 e. The first-order chi connectivity index (χ1) is 9.20. The maximum absolute atomic E-state index is 12.2. The molecule has 1 aliphatic rings. The summed E-state index contributed by atoms with van der Waals surface area (Å²) in [6.07, 6.45) is 8.83. The van der Waals surface area contributed by atoms with Gasteiger partial charge in [0.05, 0.1) is 12.8 Å². The van der Waals surface area contributed by atoms with Crippen molar-refractivity contribution in [2.45, 2.75) is 12.8 Å². The molecule has 6 heteroatoms. The fraction of sp³-hybridized carbons (Fsp3) is 0.615. The van der Waals surface area contributed by atoms with E-state index in [1.165, 1.54) is 4.68 Å². The van der Waals surface area contributed by atoms with E-state index in [9.17, 15) is 4.79 Å². The summed E-state index contributed by atoms with van der Waals surface area (Å²) in [4.78, 5) is 14.0. The van der Waals surface area contributed by atoms with Gasteiger partial charge in [0, 0.05) is 26.1 Å². The van der Waals surface area contributed by atoms with E-state index in [0.29, 0.717) is 31.4 Å². The molecular formula is C13H18N4O2. The predicted molar refractivity (Wildman–Crippen MR) is 69.3 cm³/mol. The van der Waals surface area contributed by atoms with Gasteiger partial charge >= 0.3 is 0 Å². The molecule has 1 aliphatic heterocycles. The zero-order valence-electron chi connectivity index (χ0n) is 11.1. The molecule has 0 N–H and O–H groups in total. The predicted octanol–water partition coefficient (Wildman–Crippen LogP) is 0.317. The number of rotatable bonds is 4. The molecule has 0 radical (unpaired) electrons. The Morgan fingerprint density at radius 2 is 2.53 bits per heavy atom. The van der Waals surface area contributed by atoms with Gasteiger partial charge in [-0.25, -0.2) is 0 Å². The number of likely N-dealkylation sites (tertiary alicyclic amines) is 1. The maximum atomic E-state index is 12.2. The third-order valence-electron chi connectivity index (χ3n) is 3.17. The number of terminal acetylenes is 1. The van der Waals surface area contributed by atoms with Crippen molar-refractivity contribution in [3.8, 4) is 12.3 Å². The van der Waals surface area contributed by atoms with Crippen molar-refractivity contribution < 1.29 is 9.53 Å². The molecule has 0 aliphatic carbocycles. The fourth-order valence-electron chi connectivity index (χ4n) is 2.28. The third-order valence-corrected chi connectivity index (χ3v) is 3.17. The molecule has 0 bridgehead atoms. The Bertz CT molecular complexity index is 477. The van der Waals surface area contributed by atoms with Gasteiger partial charge in [0.25, 0.3) is 5.91 Å². The highest BCUT2D eigenvalue weighted by atomic mass is 16.5. The molecule has 0 aromatic carbocycles. The number of hydrogen-bond donors (Lipinski definition) is 0. The van der Waals surface area contributed by atoms with Gasteiger partial charge in [-0.2, -0.15) is 0 Å². The van der Waals surface area contributed by atoms with Crippen molar-refractivity contribution in [1.82, 2.24) is 19.9 Å². The second kappa shape index (κ2) is 6.34. The van der Waals surface area contributed by atoms with Gasteiger partial charge in [-0.15, -0.1) is 11.5 Å². The van der Waals surface area contributed by atoms with E-state index in [2.05, 4.69) is 16.2 Å². The van der Waals surface area contributed by atoms with Gasteiger partial charge < -0.3 is 9.64 Å². The molecule has 1 atom stereocenters. The van der Waals surface area contributed by atoms with Crippen molar-refractivity contribution in [3.05, 3.63) is 11.9 Å². The molecule has 19 heavy (non-hydrogen) atoms. The Hall–Kier alpha value is -1.87. The van der Waals surface area contributed by atoms with Crippen molar-refractivity contribution in [2.24, 2.45) is 13.0 Å². The Labute approximate surface area is 112 Å². The fourth-order valence-corrected chi connectivity index (χ4v) is 2.28. The minimum absolute atomic E-state index is 0.0604. The Morgan fingerprint density at radius 3 is 3.21 bits per heavy atom. The third kappa shape index (κ3) is 3.55. The number of aryl methyl sites for hydroxylation is 1. The monoisotopic (exact) mass is 262 g/mol. The van der Waals surface area contributed by atoms with E-state index in [1.54, 1.807) is 13.2 Å². The summed E-state index contributed by atoms with van der Waals surface area (Å²) in [6, 6.07) is 0. The molecule has 2 rings (SSSR count). The van der Waals surface area contributed by atoms with Crippen LogP contribution in [-0.4, -0.2) is 52.1 Å². The number of nitrogens with zero attached hydrogens (tertiary/aromatic N) is 4. The molecule has 1 amide bonds. The first-order valence-electron chi connectivity index (χ1n) is 6.37. The second-order valence-electron chi connectivity index (χ2n) is 4.76. The molecule has 6 nitrogen and oxygen atoms in total. The summed E-state index contributed by atoms with van der Waals surface area (Å²) >= 11 is 0. The Kier molecular flexibility index (Phi) is 4.53. The molecule has 102 valence electrons. The zero-order valence-corrected chi connectivity index (χ0v) is 11.1. The van der Waals surface area contributed by atoms with Crippen LogP contribution in [-0.2, 0) is 11.8 Å². The number of hydrogen-bond acceptors (Lipinski definition) is 4. The number of piperidine rings is 1. The van der Waals surface area contributed by atoms with E-state index in [-0.39, 0.29) is 5.91 Å². The van der Waals surface area contributed by atoms with Gasteiger partial charge in [0.2, 0.25) is 0 Å². The molecule has 2 heterocycles. The van der Waals surface area contributed by atoms with E-state index >= 15 is 0 Å². The topological polar surface area (TPSA) is 60.2 Å². The number of aromatic nitrogens is 3. The van der Waals surface area contributed by atoms with Crippen LogP contribution in [0.25, 0.3) is 0 Å². The van der Waals surface area contributed by atoms with Gasteiger partial charge in [-0.1, -0.05) is 11.1 Å². The number of carbonyl (C=O) groups excluding carboxylic acids is 1. The van der Waals surface area contributed by atoms with Crippen LogP contribution in [0.3, 0.4) is 0 Å². The molecule has 0 spiro atoms. The molecular weight excluding hydrogens is 244 g/mol. The molecule has 1 unspecified atom stereocenters. The van der Waals surface area contributed by atoms with Gasteiger partial charge in [0.15, 0.2) is 5.69 Å². The van der Waals surface area contributed by atoms with Crippen molar-refractivity contribution in [2.75, 3.05) is 26.3 Å². The normalized spacial score (nSPS) is 19.2. The van der Waals surface area contributed by atoms with Crippen LogP contribution >= 0.6 is 0 Å². The van der Waals surface area contributed by atoms with Crippen LogP contribution in [0.15, 0.2) is 6.20 Å². The minimum Gasteiger partial charge on any atom is -0.368 e. The lowest BCUT2D eigenvalue weighted by Gasteiger charge is -2.31. The van der Waals surface area contributed by atoms with Gasteiger partial charge in [-0.05, 0) is 12.8 Å². The van der Waals surface area contributed by atoms with Crippen LogP contribution in [0, 0.1) is 18.3 Å². The smallest absolute Gasteiger partial charge is 0.276 e. The van der Waals surface area contributed by atoms with Crippen molar-refractivity contribution in [1.29, 1.82) is 0 Å². The number of amides is 1. The summed E-state index contributed by atoms with van der Waals surface area (Å²) in [6.45, 7) is 2.39. The number of ether oxygens (including phenoxy) is 1. The highest BCUT2D eigenvalue weighted by molar-refractivity contribution is 5.91. The van der Waals surface area contributed by atoms with E-state index < -0.39 is 0 Å². The molecule has 1 saturated heterocycles. The minimum atomic E-state index is -0.0604. The van der Waals surface area contributed by atoms with Gasteiger partial charge in [-0.3, -0.25) is 9.48 Å².